The lowest BCUT2D eigenvalue weighted by molar-refractivity contribution is -0.134. The highest BCUT2D eigenvalue weighted by atomic mass is 35.5. The summed E-state index contributed by atoms with van der Waals surface area (Å²) in [5.74, 6) is 0.0595. The monoisotopic (exact) mass is 405 g/mol. The highest BCUT2D eigenvalue weighted by molar-refractivity contribution is 5.85. The average Bonchev–Trinajstić information content (AvgIpc) is 3.22. The molecule has 1 aliphatic rings. The Hall–Kier alpha value is -2.38. The van der Waals surface area contributed by atoms with E-state index in [1.54, 1.807) is 10.9 Å². The molecule has 3 N–H and O–H groups in total. The van der Waals surface area contributed by atoms with E-state index < -0.39 is 0 Å². The van der Waals surface area contributed by atoms with E-state index in [1.807, 2.05) is 41.4 Å². The minimum Gasteiger partial charge on any atom is -0.354 e. The number of hydrogen-bond donors (Lipinski definition) is 2. The van der Waals surface area contributed by atoms with Crippen LogP contribution in [0.2, 0.25) is 0 Å². The number of rotatable bonds is 7. The van der Waals surface area contributed by atoms with Gasteiger partial charge >= 0.3 is 0 Å². The topological polar surface area (TPSA) is 93.3 Å². The molecule has 1 aliphatic heterocycles. The second-order valence-corrected chi connectivity index (χ2v) is 6.87. The molecule has 0 radical (unpaired) electrons. The van der Waals surface area contributed by atoms with Crippen molar-refractivity contribution >= 4 is 24.2 Å². The summed E-state index contributed by atoms with van der Waals surface area (Å²) >= 11 is 0. The van der Waals surface area contributed by atoms with Crippen molar-refractivity contribution in [2.75, 3.05) is 19.6 Å². The second-order valence-electron chi connectivity index (χ2n) is 6.87. The van der Waals surface area contributed by atoms with Crippen molar-refractivity contribution in [1.29, 1.82) is 0 Å². The van der Waals surface area contributed by atoms with E-state index in [9.17, 15) is 9.59 Å². The zero-order chi connectivity index (χ0) is 19.1. The zero-order valence-electron chi connectivity index (χ0n) is 15.9. The molecule has 0 bridgehead atoms. The molecule has 1 aromatic carbocycles. The number of carbonyl (C=O) groups excluding carboxylic acids is 2. The Labute approximate surface area is 171 Å². The van der Waals surface area contributed by atoms with E-state index >= 15 is 0 Å². The van der Waals surface area contributed by atoms with Crippen molar-refractivity contribution in [2.45, 2.75) is 38.1 Å². The molecule has 0 spiro atoms. The third kappa shape index (κ3) is 5.81. The Morgan fingerprint density at radius 3 is 2.68 bits per heavy atom. The summed E-state index contributed by atoms with van der Waals surface area (Å²) in [6.07, 6.45) is 7.33. The molecular formula is C20H28ClN5O2. The number of piperidine rings is 1. The Bertz CT molecular complexity index is 748. The lowest BCUT2D eigenvalue weighted by Crippen LogP contribution is -2.50. The SMILES string of the molecule is Cl.NCCC(=O)NCC1CCCCN1C(=O)Cc1ccc(-n2cccn2)cc1. The lowest BCUT2D eigenvalue weighted by atomic mass is 10.0. The van der Waals surface area contributed by atoms with Gasteiger partial charge in [0.2, 0.25) is 11.8 Å². The van der Waals surface area contributed by atoms with Crippen LogP contribution in [0.15, 0.2) is 42.7 Å². The molecule has 152 valence electrons. The van der Waals surface area contributed by atoms with Gasteiger partial charge in [-0.2, -0.15) is 5.10 Å². The van der Waals surface area contributed by atoms with Gasteiger partial charge in [0.15, 0.2) is 0 Å². The van der Waals surface area contributed by atoms with E-state index in [0.717, 1.165) is 37.1 Å². The molecule has 1 atom stereocenters. The van der Waals surface area contributed by atoms with Gasteiger partial charge in [0.1, 0.15) is 0 Å². The van der Waals surface area contributed by atoms with Gasteiger partial charge in [0.05, 0.1) is 12.1 Å². The van der Waals surface area contributed by atoms with Gasteiger partial charge in [-0.3, -0.25) is 9.59 Å². The first-order chi connectivity index (χ1) is 13.2. The molecule has 0 saturated carbocycles. The Morgan fingerprint density at radius 2 is 2.00 bits per heavy atom. The summed E-state index contributed by atoms with van der Waals surface area (Å²) in [5, 5.41) is 7.11. The molecule has 0 aliphatic carbocycles. The summed E-state index contributed by atoms with van der Waals surface area (Å²) in [6, 6.07) is 9.82. The number of nitrogens with two attached hydrogens (primary N) is 1. The van der Waals surface area contributed by atoms with Crippen LogP contribution in [0.4, 0.5) is 0 Å². The number of nitrogens with zero attached hydrogens (tertiary/aromatic N) is 3. The minimum absolute atomic E-state index is 0. The summed E-state index contributed by atoms with van der Waals surface area (Å²) in [7, 11) is 0. The van der Waals surface area contributed by atoms with E-state index in [1.165, 1.54) is 0 Å². The van der Waals surface area contributed by atoms with Crippen molar-refractivity contribution in [3.63, 3.8) is 0 Å². The van der Waals surface area contributed by atoms with Crippen LogP contribution in [0.3, 0.4) is 0 Å². The number of halogens is 1. The van der Waals surface area contributed by atoms with Gasteiger partial charge in [-0.25, -0.2) is 4.68 Å². The van der Waals surface area contributed by atoms with Crippen LogP contribution < -0.4 is 11.1 Å². The standard InChI is InChI=1S/C20H27N5O2.ClH/c21-10-9-19(26)22-15-18-4-1-2-12-24(18)20(27)14-16-5-7-17(8-6-16)25-13-3-11-23-25;/h3,5-8,11,13,18H,1-2,4,9-10,12,14-15,21H2,(H,22,26);1H. The first kappa shape index (κ1) is 21.9. The molecule has 2 amide bonds. The number of aromatic nitrogens is 2. The molecule has 7 nitrogen and oxygen atoms in total. The van der Waals surface area contributed by atoms with Crippen LogP contribution in [0.5, 0.6) is 0 Å². The Kier molecular flexibility index (Phi) is 8.47. The lowest BCUT2D eigenvalue weighted by Gasteiger charge is -2.36. The van der Waals surface area contributed by atoms with Gasteiger partial charge in [0.25, 0.3) is 0 Å². The first-order valence-corrected chi connectivity index (χ1v) is 9.52. The average molecular weight is 406 g/mol. The Morgan fingerprint density at radius 1 is 1.21 bits per heavy atom. The quantitative estimate of drug-likeness (QED) is 0.732. The van der Waals surface area contributed by atoms with Crippen molar-refractivity contribution in [3.05, 3.63) is 48.3 Å². The molecule has 1 fully saturated rings. The summed E-state index contributed by atoms with van der Waals surface area (Å²) in [4.78, 5) is 26.4. The fraction of sp³-hybridized carbons (Fsp3) is 0.450. The van der Waals surface area contributed by atoms with E-state index in [0.29, 0.717) is 25.9 Å². The molecule has 2 aromatic rings. The minimum atomic E-state index is -0.0512. The maximum absolute atomic E-state index is 12.8. The van der Waals surface area contributed by atoms with E-state index in [-0.39, 0.29) is 30.3 Å². The fourth-order valence-electron chi connectivity index (χ4n) is 3.46. The Balaban J connectivity index is 0.00000280. The van der Waals surface area contributed by atoms with Gasteiger partial charge in [-0.1, -0.05) is 12.1 Å². The summed E-state index contributed by atoms with van der Waals surface area (Å²) < 4.78 is 1.79. The van der Waals surface area contributed by atoms with Crippen LogP contribution in [0.1, 0.15) is 31.2 Å². The molecule has 2 heterocycles. The zero-order valence-corrected chi connectivity index (χ0v) is 16.7. The summed E-state index contributed by atoms with van der Waals surface area (Å²) in [6.45, 7) is 1.60. The first-order valence-electron chi connectivity index (χ1n) is 9.52. The number of amides is 2. The predicted molar refractivity (Wildman–Crippen MR) is 111 cm³/mol. The van der Waals surface area contributed by atoms with Crippen LogP contribution >= 0.6 is 12.4 Å². The van der Waals surface area contributed by atoms with Crippen LogP contribution in [0.25, 0.3) is 5.69 Å². The largest absolute Gasteiger partial charge is 0.354 e. The fourth-order valence-corrected chi connectivity index (χ4v) is 3.46. The molecule has 28 heavy (non-hydrogen) atoms. The van der Waals surface area contributed by atoms with Crippen molar-refractivity contribution < 1.29 is 9.59 Å². The number of likely N-dealkylation sites (tertiary alicyclic amines) is 1. The maximum atomic E-state index is 12.8. The van der Waals surface area contributed by atoms with Gasteiger partial charge < -0.3 is 16.0 Å². The highest BCUT2D eigenvalue weighted by Gasteiger charge is 2.26. The highest BCUT2D eigenvalue weighted by Crippen LogP contribution is 2.18. The molecular weight excluding hydrogens is 378 g/mol. The van der Waals surface area contributed by atoms with Crippen molar-refractivity contribution in [3.8, 4) is 5.69 Å². The summed E-state index contributed by atoms with van der Waals surface area (Å²) in [5.41, 5.74) is 7.36. The number of hydrogen-bond acceptors (Lipinski definition) is 4. The third-order valence-electron chi connectivity index (χ3n) is 4.91. The molecule has 8 heteroatoms. The van der Waals surface area contributed by atoms with Crippen molar-refractivity contribution in [1.82, 2.24) is 20.0 Å². The second kappa shape index (κ2) is 10.8. The van der Waals surface area contributed by atoms with Crippen molar-refractivity contribution in [2.24, 2.45) is 5.73 Å². The number of benzene rings is 1. The van der Waals surface area contributed by atoms with Gasteiger partial charge in [-0.05, 0) is 43.0 Å². The number of nitrogens with one attached hydrogen (secondary N) is 1. The van der Waals surface area contributed by atoms with Gasteiger partial charge in [0, 0.05) is 44.5 Å². The molecule has 1 saturated heterocycles. The molecule has 1 aromatic heterocycles. The third-order valence-corrected chi connectivity index (χ3v) is 4.91. The maximum Gasteiger partial charge on any atom is 0.227 e. The molecule has 1 unspecified atom stereocenters. The van der Waals surface area contributed by atoms with Crippen LogP contribution in [-0.2, 0) is 16.0 Å². The smallest absolute Gasteiger partial charge is 0.227 e. The van der Waals surface area contributed by atoms with E-state index in [2.05, 4.69) is 10.4 Å². The van der Waals surface area contributed by atoms with Gasteiger partial charge in [-0.15, -0.1) is 12.4 Å². The van der Waals surface area contributed by atoms with E-state index in [4.69, 9.17) is 5.73 Å². The predicted octanol–water partition coefficient (Wildman–Crippen LogP) is 1.68. The van der Waals surface area contributed by atoms with Crippen LogP contribution in [-0.4, -0.2) is 52.2 Å². The normalized spacial score (nSPS) is 16.3. The molecule has 3 rings (SSSR count). The van der Waals surface area contributed by atoms with Crippen LogP contribution in [0, 0.1) is 0 Å². The number of carbonyl (C=O) groups is 2.